The number of aromatic amines is 1. The number of piperidine rings is 1. The van der Waals surface area contributed by atoms with Crippen molar-refractivity contribution in [2.45, 2.75) is 44.4 Å². The van der Waals surface area contributed by atoms with Gasteiger partial charge < -0.3 is 38.1 Å². The number of nitrogens with one attached hydrogen (secondary N) is 1. The van der Waals surface area contributed by atoms with Crippen LogP contribution in [-0.4, -0.2) is 75.6 Å². The van der Waals surface area contributed by atoms with Crippen molar-refractivity contribution < 1.29 is 47.5 Å². The molecule has 52 heavy (non-hydrogen) atoms. The minimum absolute atomic E-state index is 0.0561. The normalized spacial score (nSPS) is 22.3. The number of benzene rings is 3. The Hall–Kier alpha value is -4.94. The van der Waals surface area contributed by atoms with Crippen LogP contribution in [0.2, 0.25) is 5.02 Å². The Kier molecular flexibility index (Phi) is 10.2. The number of fused-ring (bicyclic) bond motifs is 6. The number of rotatable bonds is 9. The quantitative estimate of drug-likeness (QED) is 0.109. The summed E-state index contributed by atoms with van der Waals surface area (Å²) in [6, 6.07) is 16.0. The molecule has 13 heteroatoms. The van der Waals surface area contributed by atoms with Crippen molar-refractivity contribution in [2.24, 2.45) is 17.8 Å². The Morgan fingerprint density at radius 1 is 0.923 bits per heavy atom. The summed E-state index contributed by atoms with van der Waals surface area (Å²) >= 11 is 6.02. The van der Waals surface area contributed by atoms with Crippen LogP contribution in [0.25, 0.3) is 10.9 Å². The molecule has 7 rings (SSSR count). The van der Waals surface area contributed by atoms with E-state index >= 15 is 0 Å². The van der Waals surface area contributed by atoms with E-state index in [0.717, 1.165) is 37.2 Å². The van der Waals surface area contributed by atoms with Crippen LogP contribution >= 0.6 is 11.6 Å². The van der Waals surface area contributed by atoms with E-state index in [0.29, 0.717) is 23.4 Å². The highest BCUT2D eigenvalue weighted by Crippen LogP contribution is 2.50. The number of methoxy groups -OCH3 is 4. The van der Waals surface area contributed by atoms with E-state index in [9.17, 15) is 14.4 Å². The third-order valence-electron chi connectivity index (χ3n) is 10.6. The third kappa shape index (κ3) is 6.97. The Morgan fingerprint density at radius 3 is 2.42 bits per heavy atom. The summed E-state index contributed by atoms with van der Waals surface area (Å²) in [5.41, 5.74) is 4.39. The second kappa shape index (κ2) is 15.0. The predicted molar refractivity (Wildman–Crippen MR) is 190 cm³/mol. The maximum absolute atomic E-state index is 13.7. The molecule has 1 saturated carbocycles. The number of nitrogens with zero attached hydrogens (tertiary/aromatic N) is 1. The van der Waals surface area contributed by atoms with Gasteiger partial charge in [-0.2, -0.15) is 0 Å². The molecule has 1 N–H and O–H groups in total. The van der Waals surface area contributed by atoms with Crippen molar-refractivity contribution in [3.05, 3.63) is 82.0 Å². The predicted octanol–water partition coefficient (Wildman–Crippen LogP) is 6.91. The lowest BCUT2D eigenvalue weighted by Crippen LogP contribution is -2.52. The first-order chi connectivity index (χ1) is 25.2. The molecule has 0 amide bonds. The zero-order chi connectivity index (χ0) is 36.5. The molecular formula is C39H41ClN2O10. The lowest BCUT2D eigenvalue weighted by Gasteiger charge is -2.51. The van der Waals surface area contributed by atoms with Crippen LogP contribution in [0.4, 0.5) is 4.79 Å². The van der Waals surface area contributed by atoms with Gasteiger partial charge in [-0.25, -0.2) is 9.59 Å². The van der Waals surface area contributed by atoms with Crippen molar-refractivity contribution in [1.29, 1.82) is 0 Å². The number of halogens is 1. The van der Waals surface area contributed by atoms with Gasteiger partial charge >= 0.3 is 18.1 Å². The molecule has 0 radical (unpaired) electrons. The number of H-pyrrole nitrogens is 1. The molecule has 0 unspecified atom stereocenters. The molecule has 5 atom stereocenters. The molecule has 0 bridgehead atoms. The second-order valence-electron chi connectivity index (χ2n) is 13.5. The largest absolute Gasteiger partial charge is 0.514 e. The highest BCUT2D eigenvalue weighted by Gasteiger charge is 2.49. The van der Waals surface area contributed by atoms with E-state index < -0.39 is 24.1 Å². The minimum atomic E-state index is -0.998. The van der Waals surface area contributed by atoms with Crippen LogP contribution in [-0.2, 0) is 32.0 Å². The first-order valence-electron chi connectivity index (χ1n) is 17.3. The van der Waals surface area contributed by atoms with E-state index in [4.69, 9.17) is 44.8 Å². The molecule has 2 aliphatic heterocycles. The highest BCUT2D eigenvalue weighted by molar-refractivity contribution is 6.30. The molecule has 1 saturated heterocycles. The van der Waals surface area contributed by atoms with E-state index in [2.05, 4.69) is 16.0 Å². The van der Waals surface area contributed by atoms with Crippen molar-refractivity contribution in [2.75, 3.05) is 41.5 Å². The van der Waals surface area contributed by atoms with E-state index in [1.807, 2.05) is 12.1 Å². The topological polar surface area (TPSA) is 135 Å². The molecule has 3 aliphatic rings. The molecule has 3 heterocycles. The number of hydrogen-bond acceptors (Lipinski definition) is 11. The van der Waals surface area contributed by atoms with Gasteiger partial charge in [0.25, 0.3) is 0 Å². The van der Waals surface area contributed by atoms with Crippen molar-refractivity contribution in [1.82, 2.24) is 9.88 Å². The molecule has 12 nitrogen and oxygen atoms in total. The first kappa shape index (κ1) is 35.5. The van der Waals surface area contributed by atoms with Crippen LogP contribution in [0.5, 0.6) is 23.0 Å². The zero-order valence-electron chi connectivity index (χ0n) is 29.4. The number of ether oxygens (including phenoxy) is 7. The molecular weight excluding hydrogens is 692 g/mol. The average molecular weight is 733 g/mol. The van der Waals surface area contributed by atoms with E-state index in [-0.39, 0.29) is 53.3 Å². The first-order valence-corrected chi connectivity index (χ1v) is 17.6. The summed E-state index contributed by atoms with van der Waals surface area (Å²) in [6.07, 6.45) is 1.14. The van der Waals surface area contributed by atoms with Crippen LogP contribution in [0, 0.1) is 17.8 Å². The molecule has 1 aromatic heterocycles. The van der Waals surface area contributed by atoms with Gasteiger partial charge in [-0.15, -0.1) is 0 Å². The van der Waals surface area contributed by atoms with Crippen LogP contribution in [0.3, 0.4) is 0 Å². The van der Waals surface area contributed by atoms with Gasteiger partial charge in [0.05, 0.1) is 46.0 Å². The SMILES string of the molecule is COC(=O)[C@@H]1C[C@H](OC(=O)c2cc(OC)c(OC(=O)OCc3cccc(Cl)c3)c(OC)c2)C[C@@H]2CN3CCc4c([nH]c5cc(OC)ccc45)[C@H]3C[C@@H]21. The van der Waals surface area contributed by atoms with Gasteiger partial charge in [0.1, 0.15) is 18.5 Å². The summed E-state index contributed by atoms with van der Waals surface area (Å²) < 4.78 is 38.5. The summed E-state index contributed by atoms with van der Waals surface area (Å²) in [6.45, 7) is 1.60. The molecule has 2 fully saturated rings. The maximum Gasteiger partial charge on any atom is 0.514 e. The number of esters is 2. The van der Waals surface area contributed by atoms with Crippen molar-refractivity contribution in [3.63, 3.8) is 0 Å². The summed E-state index contributed by atoms with van der Waals surface area (Å²) in [4.78, 5) is 45.7. The number of aromatic nitrogens is 1. The molecule has 1 aliphatic carbocycles. The Labute approximate surface area is 306 Å². The summed E-state index contributed by atoms with van der Waals surface area (Å²) in [7, 11) is 5.82. The Morgan fingerprint density at radius 2 is 1.71 bits per heavy atom. The fraction of sp³-hybridized carbons (Fsp3) is 0.410. The smallest absolute Gasteiger partial charge is 0.497 e. The second-order valence-corrected chi connectivity index (χ2v) is 13.9. The molecule has 3 aromatic carbocycles. The van der Waals surface area contributed by atoms with E-state index in [1.165, 1.54) is 50.1 Å². The van der Waals surface area contributed by atoms with Gasteiger partial charge in [-0.3, -0.25) is 9.69 Å². The zero-order valence-corrected chi connectivity index (χ0v) is 30.2. The van der Waals surface area contributed by atoms with Crippen LogP contribution < -0.4 is 18.9 Å². The lowest BCUT2D eigenvalue weighted by molar-refractivity contribution is -0.155. The maximum atomic E-state index is 13.7. The fourth-order valence-corrected chi connectivity index (χ4v) is 8.47. The van der Waals surface area contributed by atoms with Crippen molar-refractivity contribution in [3.8, 4) is 23.0 Å². The van der Waals surface area contributed by atoms with Gasteiger partial charge in [0.2, 0.25) is 5.75 Å². The van der Waals surface area contributed by atoms with Gasteiger partial charge in [-0.05, 0) is 85.0 Å². The Bertz CT molecular complexity index is 1970. The minimum Gasteiger partial charge on any atom is -0.497 e. The van der Waals surface area contributed by atoms with Crippen LogP contribution in [0.15, 0.2) is 54.6 Å². The average Bonchev–Trinajstić information content (AvgIpc) is 3.54. The molecule has 4 aromatic rings. The summed E-state index contributed by atoms with van der Waals surface area (Å²) in [5, 5.41) is 1.72. The Balaban J connectivity index is 1.06. The standard InChI is InChI=1S/C39H41ClN2O10/c1-46-25-8-9-27-28-10-11-42-19-23-13-26(16-30(38(44)49-4)29(23)18-32(42)35(28)41-31(27)17-25)51-37(43)22-14-33(47-2)36(34(15-22)48-3)52-39(45)50-20-21-6-5-7-24(40)12-21/h5-9,12,14-15,17,23,26,29-30,32,41H,10-11,13,16,18-20H2,1-4H3/t23-,26-,29+,30-,32-/m1/s1. The van der Waals surface area contributed by atoms with Gasteiger partial charge in [0.15, 0.2) is 11.5 Å². The fourth-order valence-electron chi connectivity index (χ4n) is 8.25. The molecule has 274 valence electrons. The highest BCUT2D eigenvalue weighted by atomic mass is 35.5. The van der Waals surface area contributed by atoms with Crippen molar-refractivity contribution >= 4 is 40.6 Å². The number of carbonyl (C=O) groups excluding carboxylic acids is 3. The number of hydrogen-bond donors (Lipinski definition) is 1. The van der Waals surface area contributed by atoms with Gasteiger partial charge in [0, 0.05) is 40.8 Å². The lowest BCUT2D eigenvalue weighted by atomic mass is 9.65. The molecule has 0 spiro atoms. The van der Waals surface area contributed by atoms with E-state index in [1.54, 1.807) is 31.4 Å². The monoisotopic (exact) mass is 732 g/mol. The van der Waals surface area contributed by atoms with Crippen LogP contribution in [0.1, 0.15) is 52.5 Å². The van der Waals surface area contributed by atoms with Gasteiger partial charge in [-0.1, -0.05) is 23.7 Å². The number of carbonyl (C=O) groups is 3. The summed E-state index contributed by atoms with van der Waals surface area (Å²) in [5.74, 6) is -0.285. The third-order valence-corrected chi connectivity index (χ3v) is 10.9.